The van der Waals surface area contributed by atoms with Crippen LogP contribution < -0.4 is 11.3 Å². The summed E-state index contributed by atoms with van der Waals surface area (Å²) in [5.41, 5.74) is 2.57. The lowest BCUT2D eigenvalue weighted by Gasteiger charge is -2.07. The number of nitrogens with zero attached hydrogens (tertiary/aromatic N) is 2. The normalized spacial score (nSPS) is 10.7. The minimum Gasteiger partial charge on any atom is -0.308 e. The van der Waals surface area contributed by atoms with Gasteiger partial charge in [-0.2, -0.15) is 0 Å². The molecule has 0 aromatic carbocycles. The van der Waals surface area contributed by atoms with Gasteiger partial charge in [0.25, 0.3) is 0 Å². The van der Waals surface area contributed by atoms with Crippen molar-refractivity contribution in [3.63, 3.8) is 0 Å². The van der Waals surface area contributed by atoms with E-state index < -0.39 is 0 Å². The van der Waals surface area contributed by atoms with Crippen LogP contribution in [0, 0.1) is 5.92 Å². The number of aryl methyl sites for hydroxylation is 1. The third kappa shape index (κ3) is 4.05. The molecule has 3 N–H and O–H groups in total. The summed E-state index contributed by atoms with van der Waals surface area (Å²) in [7, 11) is 0. The molecule has 1 aromatic rings. The monoisotopic (exact) mass is 226 g/mol. The van der Waals surface area contributed by atoms with Crippen LogP contribution in [0.5, 0.6) is 0 Å². The van der Waals surface area contributed by atoms with Gasteiger partial charge in [-0.25, -0.2) is 15.8 Å². The Labute approximate surface area is 95.0 Å². The van der Waals surface area contributed by atoms with Crippen LogP contribution in [0.2, 0.25) is 0 Å². The molecule has 0 spiro atoms. The third-order valence-electron chi connectivity index (χ3n) is 1.78. The fourth-order valence-corrected chi connectivity index (χ4v) is 1.90. The third-order valence-corrected chi connectivity index (χ3v) is 3.12. The van der Waals surface area contributed by atoms with Crippen LogP contribution in [0.25, 0.3) is 0 Å². The molecule has 1 rings (SSSR count). The lowest BCUT2D eigenvalue weighted by Crippen LogP contribution is -2.10. The Bertz CT molecular complexity index is 292. The Morgan fingerprint density at radius 3 is 2.73 bits per heavy atom. The van der Waals surface area contributed by atoms with E-state index in [-0.39, 0.29) is 0 Å². The fraction of sp³-hybridized carbons (Fsp3) is 0.600. The van der Waals surface area contributed by atoms with Crippen LogP contribution in [0.1, 0.15) is 26.6 Å². The number of hydrogen-bond donors (Lipinski definition) is 2. The Balaban J connectivity index is 2.77. The molecule has 0 aliphatic heterocycles. The van der Waals surface area contributed by atoms with Gasteiger partial charge in [0.15, 0.2) is 0 Å². The molecule has 0 atom stereocenters. The first-order valence-corrected chi connectivity index (χ1v) is 6.11. The molecule has 0 saturated heterocycles. The molecule has 0 bridgehead atoms. The van der Waals surface area contributed by atoms with Gasteiger partial charge in [-0.15, -0.1) is 11.8 Å². The Kier molecular flexibility index (Phi) is 4.84. The highest BCUT2D eigenvalue weighted by molar-refractivity contribution is 7.99. The Morgan fingerprint density at radius 2 is 2.20 bits per heavy atom. The molecule has 0 radical (unpaired) electrons. The highest BCUT2D eigenvalue weighted by Crippen LogP contribution is 2.20. The average molecular weight is 226 g/mol. The van der Waals surface area contributed by atoms with Crippen LogP contribution in [0.3, 0.4) is 0 Å². The van der Waals surface area contributed by atoms with Crippen molar-refractivity contribution in [2.24, 2.45) is 11.8 Å². The quantitative estimate of drug-likeness (QED) is 0.348. The molecular weight excluding hydrogens is 208 g/mol. The maximum absolute atomic E-state index is 5.35. The van der Waals surface area contributed by atoms with E-state index in [1.54, 1.807) is 11.8 Å². The number of rotatable bonds is 5. The molecule has 0 unspecified atom stereocenters. The van der Waals surface area contributed by atoms with Gasteiger partial charge in [0.2, 0.25) is 0 Å². The summed E-state index contributed by atoms with van der Waals surface area (Å²) in [4.78, 5) is 8.67. The van der Waals surface area contributed by atoms with E-state index in [1.165, 1.54) is 0 Å². The highest BCUT2D eigenvalue weighted by Gasteiger charge is 2.04. The summed E-state index contributed by atoms with van der Waals surface area (Å²) >= 11 is 1.74. The van der Waals surface area contributed by atoms with E-state index >= 15 is 0 Å². The van der Waals surface area contributed by atoms with Gasteiger partial charge in [-0.05, 0) is 5.92 Å². The highest BCUT2D eigenvalue weighted by atomic mass is 32.2. The molecule has 0 aliphatic carbocycles. The largest absolute Gasteiger partial charge is 0.308 e. The minimum absolute atomic E-state index is 0.657. The van der Waals surface area contributed by atoms with Crippen molar-refractivity contribution in [2.45, 2.75) is 32.2 Å². The number of nitrogens with one attached hydrogen (secondary N) is 1. The molecule has 15 heavy (non-hydrogen) atoms. The maximum Gasteiger partial charge on any atom is 0.144 e. The van der Waals surface area contributed by atoms with Gasteiger partial charge < -0.3 is 5.43 Å². The second kappa shape index (κ2) is 5.92. The predicted molar refractivity (Wildman–Crippen MR) is 64.8 cm³/mol. The second-order valence-electron chi connectivity index (χ2n) is 3.71. The molecule has 5 heteroatoms. The summed E-state index contributed by atoms with van der Waals surface area (Å²) in [6, 6.07) is 1.88. The van der Waals surface area contributed by atoms with Crippen LogP contribution >= 0.6 is 11.8 Å². The van der Waals surface area contributed by atoms with Gasteiger partial charge >= 0.3 is 0 Å². The van der Waals surface area contributed by atoms with E-state index in [0.29, 0.717) is 11.7 Å². The number of hydrazine groups is 1. The van der Waals surface area contributed by atoms with Crippen molar-refractivity contribution >= 4 is 17.6 Å². The van der Waals surface area contributed by atoms with Gasteiger partial charge in [-0.1, -0.05) is 20.8 Å². The van der Waals surface area contributed by atoms with Crippen molar-refractivity contribution in [1.29, 1.82) is 0 Å². The van der Waals surface area contributed by atoms with E-state index in [0.717, 1.165) is 23.0 Å². The summed E-state index contributed by atoms with van der Waals surface area (Å²) in [5, 5.41) is 0.989. The summed E-state index contributed by atoms with van der Waals surface area (Å²) in [5.74, 6) is 8.58. The van der Waals surface area contributed by atoms with Crippen molar-refractivity contribution in [3.8, 4) is 0 Å². The zero-order valence-electron chi connectivity index (χ0n) is 9.45. The van der Waals surface area contributed by atoms with Crippen molar-refractivity contribution < 1.29 is 0 Å². The molecule has 0 fully saturated rings. The standard InChI is InChI=1S/C10H18N4S/c1-4-8-12-9(14-11)5-10(13-8)15-6-7(2)3/h5,7H,4,6,11H2,1-3H3,(H,12,13,14). The lowest BCUT2D eigenvalue weighted by molar-refractivity contribution is 0.748. The summed E-state index contributed by atoms with van der Waals surface area (Å²) < 4.78 is 0. The zero-order valence-corrected chi connectivity index (χ0v) is 10.3. The van der Waals surface area contributed by atoms with Crippen LogP contribution in [-0.4, -0.2) is 15.7 Å². The first kappa shape index (κ1) is 12.3. The molecule has 84 valence electrons. The number of aromatic nitrogens is 2. The molecule has 0 aliphatic rings. The maximum atomic E-state index is 5.35. The van der Waals surface area contributed by atoms with E-state index in [1.807, 2.05) is 13.0 Å². The number of nitrogen functional groups attached to an aromatic ring is 1. The summed E-state index contributed by atoms with van der Waals surface area (Å²) in [6.07, 6.45) is 0.824. The van der Waals surface area contributed by atoms with Crippen molar-refractivity contribution in [2.75, 3.05) is 11.2 Å². The molecule has 4 nitrogen and oxygen atoms in total. The average Bonchev–Trinajstić information content (AvgIpc) is 2.25. The van der Waals surface area contributed by atoms with E-state index in [2.05, 4.69) is 29.2 Å². The fourth-order valence-electron chi connectivity index (χ4n) is 1.03. The number of anilines is 1. The molecule has 1 heterocycles. The second-order valence-corrected chi connectivity index (χ2v) is 4.75. The minimum atomic E-state index is 0.657. The van der Waals surface area contributed by atoms with Crippen molar-refractivity contribution in [3.05, 3.63) is 11.9 Å². The number of nitrogens with two attached hydrogens (primary N) is 1. The van der Waals surface area contributed by atoms with Crippen LogP contribution in [0.4, 0.5) is 5.82 Å². The first-order valence-electron chi connectivity index (χ1n) is 5.13. The van der Waals surface area contributed by atoms with Gasteiger partial charge in [0, 0.05) is 18.2 Å². The smallest absolute Gasteiger partial charge is 0.144 e. The van der Waals surface area contributed by atoms with Gasteiger partial charge in [-0.3, -0.25) is 0 Å². The first-order chi connectivity index (χ1) is 7.15. The Morgan fingerprint density at radius 1 is 1.47 bits per heavy atom. The van der Waals surface area contributed by atoms with Gasteiger partial charge in [0.1, 0.15) is 16.7 Å². The predicted octanol–water partition coefficient (Wildman–Crippen LogP) is 2.07. The molecule has 1 aromatic heterocycles. The molecule has 0 amide bonds. The Hall–Kier alpha value is -0.810. The topological polar surface area (TPSA) is 63.8 Å². The molecular formula is C10H18N4S. The van der Waals surface area contributed by atoms with E-state index in [4.69, 9.17) is 5.84 Å². The lowest BCUT2D eigenvalue weighted by atomic mass is 10.3. The molecule has 0 saturated carbocycles. The van der Waals surface area contributed by atoms with E-state index in [9.17, 15) is 0 Å². The SMILES string of the molecule is CCc1nc(NN)cc(SCC(C)C)n1. The number of hydrogen-bond acceptors (Lipinski definition) is 5. The van der Waals surface area contributed by atoms with Crippen LogP contribution in [-0.2, 0) is 6.42 Å². The van der Waals surface area contributed by atoms with Gasteiger partial charge in [0.05, 0.1) is 0 Å². The van der Waals surface area contributed by atoms with Crippen LogP contribution in [0.15, 0.2) is 11.1 Å². The summed E-state index contributed by atoms with van der Waals surface area (Å²) in [6.45, 7) is 6.42. The zero-order chi connectivity index (χ0) is 11.3. The number of thioether (sulfide) groups is 1. The van der Waals surface area contributed by atoms with Crippen molar-refractivity contribution in [1.82, 2.24) is 9.97 Å².